The van der Waals surface area contributed by atoms with Crippen LogP contribution in [-0.4, -0.2) is 47.9 Å². The molecule has 6 nitrogen and oxygen atoms in total. The number of pyridine rings is 1. The molecule has 3 aromatic rings. The smallest absolute Gasteiger partial charge is 0.290 e. The van der Waals surface area contributed by atoms with Gasteiger partial charge in [0.05, 0.1) is 16.6 Å². The maximum Gasteiger partial charge on any atom is 0.290 e. The zero-order chi connectivity index (χ0) is 20.7. The minimum absolute atomic E-state index is 0.145. The molecule has 1 amide bonds. The average Bonchev–Trinajstić information content (AvgIpc) is 2.97. The number of hydrogen-bond donors (Lipinski definition) is 0. The molecule has 1 unspecified atom stereocenters. The Morgan fingerprint density at radius 1 is 1.14 bits per heavy atom. The molecular formula is C23H25N3O3. The van der Waals surface area contributed by atoms with Crippen molar-refractivity contribution in [3.05, 3.63) is 74.9 Å². The van der Waals surface area contributed by atoms with Crippen molar-refractivity contribution in [3.63, 3.8) is 0 Å². The van der Waals surface area contributed by atoms with Crippen molar-refractivity contribution in [2.24, 2.45) is 0 Å². The molecule has 1 aromatic carbocycles. The normalized spacial score (nSPS) is 16.1. The first-order valence-corrected chi connectivity index (χ1v) is 9.83. The molecule has 0 saturated carbocycles. The van der Waals surface area contributed by atoms with Crippen molar-refractivity contribution in [3.8, 4) is 0 Å². The molecule has 0 N–H and O–H groups in total. The molecular weight excluding hydrogens is 366 g/mol. The van der Waals surface area contributed by atoms with Gasteiger partial charge >= 0.3 is 0 Å². The van der Waals surface area contributed by atoms with Gasteiger partial charge in [-0.25, -0.2) is 0 Å². The van der Waals surface area contributed by atoms with Gasteiger partial charge in [-0.1, -0.05) is 6.07 Å². The third-order valence-electron chi connectivity index (χ3n) is 5.55. The van der Waals surface area contributed by atoms with Gasteiger partial charge in [0, 0.05) is 12.7 Å². The fourth-order valence-corrected chi connectivity index (χ4v) is 3.91. The number of amides is 1. The van der Waals surface area contributed by atoms with Gasteiger partial charge in [0.2, 0.25) is 5.76 Å². The lowest BCUT2D eigenvalue weighted by Crippen LogP contribution is -2.32. The zero-order valence-electron chi connectivity index (χ0n) is 17.2. The summed E-state index contributed by atoms with van der Waals surface area (Å²) in [6, 6.07) is 8.72. The maximum absolute atomic E-state index is 13.5. The van der Waals surface area contributed by atoms with Crippen LogP contribution in [0.15, 0.2) is 45.7 Å². The van der Waals surface area contributed by atoms with Gasteiger partial charge in [-0.3, -0.25) is 14.6 Å². The van der Waals surface area contributed by atoms with Crippen LogP contribution in [0.25, 0.3) is 11.0 Å². The van der Waals surface area contributed by atoms with Crippen molar-refractivity contribution >= 4 is 16.9 Å². The minimum Gasteiger partial charge on any atom is -0.450 e. The molecule has 29 heavy (non-hydrogen) atoms. The molecule has 0 bridgehead atoms. The molecule has 1 atom stereocenters. The van der Waals surface area contributed by atoms with E-state index in [9.17, 15) is 9.59 Å². The molecule has 1 aliphatic rings. The third-order valence-corrected chi connectivity index (χ3v) is 5.55. The van der Waals surface area contributed by atoms with E-state index in [4.69, 9.17) is 4.42 Å². The molecule has 0 fully saturated rings. The van der Waals surface area contributed by atoms with Gasteiger partial charge in [-0.2, -0.15) is 0 Å². The summed E-state index contributed by atoms with van der Waals surface area (Å²) in [6.45, 7) is 5.30. The first kappa shape index (κ1) is 19.3. The van der Waals surface area contributed by atoms with Crippen LogP contribution in [0.4, 0.5) is 0 Å². The van der Waals surface area contributed by atoms with Crippen LogP contribution in [-0.2, 0) is 0 Å². The molecule has 0 radical (unpaired) electrons. The summed E-state index contributed by atoms with van der Waals surface area (Å²) in [5.41, 5.74) is 3.43. The second-order valence-corrected chi connectivity index (χ2v) is 7.92. The van der Waals surface area contributed by atoms with Crippen LogP contribution in [0.1, 0.15) is 45.4 Å². The zero-order valence-corrected chi connectivity index (χ0v) is 17.2. The second kappa shape index (κ2) is 7.44. The van der Waals surface area contributed by atoms with E-state index in [1.165, 1.54) is 0 Å². The van der Waals surface area contributed by atoms with Gasteiger partial charge in [-0.05, 0) is 76.3 Å². The fourth-order valence-electron chi connectivity index (χ4n) is 3.91. The number of carbonyl (C=O) groups is 1. The Hall–Kier alpha value is -2.99. The van der Waals surface area contributed by atoms with E-state index in [0.29, 0.717) is 28.8 Å². The molecule has 3 heterocycles. The van der Waals surface area contributed by atoms with E-state index < -0.39 is 6.04 Å². The second-order valence-electron chi connectivity index (χ2n) is 7.92. The summed E-state index contributed by atoms with van der Waals surface area (Å²) >= 11 is 0. The fraction of sp³-hybridized carbons (Fsp3) is 0.348. The highest BCUT2D eigenvalue weighted by molar-refractivity contribution is 5.99. The Labute approximate surface area is 169 Å². The third kappa shape index (κ3) is 3.34. The Balaban J connectivity index is 1.89. The van der Waals surface area contributed by atoms with Crippen LogP contribution in [0.2, 0.25) is 0 Å². The number of nitrogens with zero attached hydrogens (tertiary/aromatic N) is 3. The van der Waals surface area contributed by atoms with Crippen LogP contribution in [0.3, 0.4) is 0 Å². The highest BCUT2D eigenvalue weighted by Gasteiger charge is 2.43. The van der Waals surface area contributed by atoms with Gasteiger partial charge in [0.1, 0.15) is 11.6 Å². The lowest BCUT2D eigenvalue weighted by molar-refractivity contribution is 0.0720. The standard InChI is InChI=1S/C23H25N3O3/c1-14-12-16-18(13-15(14)2)29-22-19(21(16)27)20(17-8-5-6-9-24-17)26(23(22)28)11-7-10-25(3)4/h5-6,8-9,12-13,20H,7,10-11H2,1-4H3. The molecule has 4 rings (SSSR count). The van der Waals surface area contributed by atoms with Gasteiger partial charge in [0.15, 0.2) is 5.43 Å². The monoisotopic (exact) mass is 391 g/mol. The molecule has 6 heteroatoms. The molecule has 0 saturated heterocycles. The number of aromatic nitrogens is 1. The number of fused-ring (bicyclic) bond motifs is 2. The van der Waals surface area contributed by atoms with E-state index >= 15 is 0 Å². The predicted molar refractivity (Wildman–Crippen MR) is 112 cm³/mol. The first-order valence-electron chi connectivity index (χ1n) is 9.83. The van der Waals surface area contributed by atoms with Crippen LogP contribution in [0.5, 0.6) is 0 Å². The van der Waals surface area contributed by atoms with E-state index in [1.54, 1.807) is 11.1 Å². The number of carbonyl (C=O) groups excluding carboxylic acids is 1. The number of aryl methyl sites for hydroxylation is 2. The SMILES string of the molecule is Cc1cc2oc3c(c(=O)c2cc1C)C(c1ccccn1)N(CCCN(C)C)C3=O. The summed E-state index contributed by atoms with van der Waals surface area (Å²) in [7, 11) is 4.00. The van der Waals surface area contributed by atoms with Crippen molar-refractivity contribution in [2.75, 3.05) is 27.2 Å². The van der Waals surface area contributed by atoms with Crippen molar-refractivity contribution in [1.29, 1.82) is 0 Å². The Morgan fingerprint density at radius 3 is 2.59 bits per heavy atom. The number of rotatable bonds is 5. The quantitative estimate of drug-likeness (QED) is 0.668. The van der Waals surface area contributed by atoms with E-state index in [2.05, 4.69) is 9.88 Å². The Kier molecular flexibility index (Phi) is 4.96. The highest BCUT2D eigenvalue weighted by Crippen LogP contribution is 2.37. The van der Waals surface area contributed by atoms with Crippen LogP contribution in [0, 0.1) is 13.8 Å². The van der Waals surface area contributed by atoms with Gasteiger partial charge in [-0.15, -0.1) is 0 Å². The molecule has 150 valence electrons. The number of benzene rings is 1. The summed E-state index contributed by atoms with van der Waals surface area (Å²) < 4.78 is 6.01. The Bertz CT molecular complexity index is 1140. The summed E-state index contributed by atoms with van der Waals surface area (Å²) in [4.78, 5) is 35.0. The van der Waals surface area contributed by atoms with Crippen molar-refractivity contribution < 1.29 is 9.21 Å². The molecule has 2 aromatic heterocycles. The lowest BCUT2D eigenvalue weighted by Gasteiger charge is -2.24. The van der Waals surface area contributed by atoms with Crippen LogP contribution < -0.4 is 5.43 Å². The first-order chi connectivity index (χ1) is 13.9. The topological polar surface area (TPSA) is 66.7 Å². The minimum atomic E-state index is -0.525. The number of hydrogen-bond acceptors (Lipinski definition) is 5. The van der Waals surface area contributed by atoms with E-state index in [-0.39, 0.29) is 17.1 Å². The maximum atomic E-state index is 13.5. The average molecular weight is 391 g/mol. The predicted octanol–water partition coefficient (Wildman–Crippen LogP) is 3.30. The van der Waals surface area contributed by atoms with Gasteiger partial charge < -0.3 is 14.2 Å². The lowest BCUT2D eigenvalue weighted by atomic mass is 10.0. The summed E-state index contributed by atoms with van der Waals surface area (Å²) in [6.07, 6.45) is 2.48. The van der Waals surface area contributed by atoms with Crippen molar-refractivity contribution in [1.82, 2.24) is 14.8 Å². The molecule has 0 spiro atoms. The van der Waals surface area contributed by atoms with Crippen molar-refractivity contribution in [2.45, 2.75) is 26.3 Å². The summed E-state index contributed by atoms with van der Waals surface area (Å²) in [5, 5.41) is 0.510. The molecule has 0 aliphatic carbocycles. The van der Waals surface area contributed by atoms with E-state index in [0.717, 1.165) is 24.1 Å². The highest BCUT2D eigenvalue weighted by atomic mass is 16.3. The largest absolute Gasteiger partial charge is 0.450 e. The van der Waals surface area contributed by atoms with E-state index in [1.807, 2.05) is 58.3 Å². The Morgan fingerprint density at radius 2 is 1.90 bits per heavy atom. The molecule has 1 aliphatic heterocycles. The van der Waals surface area contributed by atoms with Gasteiger partial charge in [0.25, 0.3) is 5.91 Å². The summed E-state index contributed by atoms with van der Waals surface area (Å²) in [5.74, 6) is -0.0992. The van der Waals surface area contributed by atoms with Crippen LogP contribution >= 0.6 is 0 Å².